The van der Waals surface area contributed by atoms with Crippen LogP contribution in [0.4, 0.5) is 13.2 Å². The zero-order valence-corrected chi connectivity index (χ0v) is 17.8. The number of benzene rings is 1. The van der Waals surface area contributed by atoms with Gasteiger partial charge in [-0.25, -0.2) is 0 Å². The highest BCUT2D eigenvalue weighted by molar-refractivity contribution is 6.00. The summed E-state index contributed by atoms with van der Waals surface area (Å²) in [5.41, 5.74) is 0.721. The largest absolute Gasteiger partial charge is 0.462 e. The highest BCUT2D eigenvalue weighted by Crippen LogP contribution is 2.43. The molecule has 0 heterocycles. The molecule has 0 spiro atoms. The van der Waals surface area contributed by atoms with Gasteiger partial charge in [0.2, 0.25) is 0 Å². The third-order valence-electron chi connectivity index (χ3n) is 6.91. The second kappa shape index (κ2) is 10.5. The van der Waals surface area contributed by atoms with Gasteiger partial charge in [0, 0.05) is 12.0 Å². The van der Waals surface area contributed by atoms with Gasteiger partial charge in [0.15, 0.2) is 0 Å². The predicted molar refractivity (Wildman–Crippen MR) is 113 cm³/mol. The summed E-state index contributed by atoms with van der Waals surface area (Å²) in [4.78, 5) is 23.1. The molecule has 6 heteroatoms. The quantitative estimate of drug-likeness (QED) is 0.269. The molecule has 2 saturated carbocycles. The maximum atomic E-state index is 12.6. The molecule has 0 N–H and O–H groups in total. The van der Waals surface area contributed by atoms with Gasteiger partial charge in [-0.1, -0.05) is 30.3 Å². The molecule has 0 aromatic heterocycles. The van der Waals surface area contributed by atoms with E-state index in [1.54, 1.807) is 18.2 Å². The van der Waals surface area contributed by atoms with Gasteiger partial charge in [0.25, 0.3) is 5.78 Å². The van der Waals surface area contributed by atoms with E-state index in [-0.39, 0.29) is 17.6 Å². The molecule has 0 unspecified atom stereocenters. The fourth-order valence-corrected chi connectivity index (χ4v) is 5.14. The Morgan fingerprint density at radius 1 is 0.935 bits per heavy atom. The predicted octanol–water partition coefficient (Wildman–Crippen LogP) is 6.77. The van der Waals surface area contributed by atoms with E-state index in [1.807, 2.05) is 0 Å². The number of ether oxygens (including phenoxy) is 1. The van der Waals surface area contributed by atoms with Gasteiger partial charge in [-0.2, -0.15) is 13.2 Å². The monoisotopic (exact) mass is 436 g/mol. The van der Waals surface area contributed by atoms with E-state index in [0.717, 1.165) is 56.9 Å². The van der Waals surface area contributed by atoms with Crippen molar-refractivity contribution in [1.29, 1.82) is 0 Å². The van der Waals surface area contributed by atoms with E-state index in [4.69, 9.17) is 4.74 Å². The lowest BCUT2D eigenvalue weighted by Crippen LogP contribution is -2.29. The van der Waals surface area contributed by atoms with Crippen molar-refractivity contribution in [2.75, 3.05) is 0 Å². The normalized spacial score (nSPS) is 26.8. The topological polar surface area (TPSA) is 43.4 Å². The molecule has 3 nitrogen and oxygen atoms in total. The molecule has 1 aromatic rings. The second-order valence-electron chi connectivity index (χ2n) is 8.91. The molecule has 0 saturated heterocycles. The zero-order chi connectivity index (χ0) is 22.4. The summed E-state index contributed by atoms with van der Waals surface area (Å²) >= 11 is 0. The third kappa shape index (κ3) is 6.44. The lowest BCUT2D eigenvalue weighted by molar-refractivity contribution is -0.151. The number of esters is 1. The Hall–Kier alpha value is -2.11. The maximum absolute atomic E-state index is 12.6. The molecule has 2 aliphatic carbocycles. The van der Waals surface area contributed by atoms with Crippen molar-refractivity contribution in [3.63, 3.8) is 0 Å². The minimum atomic E-state index is -4.83. The molecule has 0 amide bonds. The van der Waals surface area contributed by atoms with E-state index < -0.39 is 12.0 Å². The summed E-state index contributed by atoms with van der Waals surface area (Å²) in [6.07, 6.45) is 6.30. The highest BCUT2D eigenvalue weighted by Gasteiger charge is 2.39. The summed E-state index contributed by atoms with van der Waals surface area (Å²) in [6, 6.07) is 5.95. The number of halogens is 3. The van der Waals surface area contributed by atoms with Gasteiger partial charge < -0.3 is 4.74 Å². The maximum Gasteiger partial charge on any atom is 0.454 e. The number of allylic oxidation sites excluding steroid dienone is 1. The van der Waals surface area contributed by atoms with E-state index in [1.165, 1.54) is 12.1 Å². The Labute approximate surface area is 182 Å². The van der Waals surface area contributed by atoms with Crippen molar-refractivity contribution < 1.29 is 27.5 Å². The fraction of sp³-hybridized carbons (Fsp3) is 0.600. The summed E-state index contributed by atoms with van der Waals surface area (Å²) in [5.74, 6) is -0.249. The highest BCUT2D eigenvalue weighted by atomic mass is 19.4. The first-order chi connectivity index (χ1) is 14.8. The van der Waals surface area contributed by atoms with Crippen LogP contribution in [0.25, 0.3) is 0 Å². The van der Waals surface area contributed by atoms with Crippen molar-refractivity contribution in [1.82, 2.24) is 0 Å². The van der Waals surface area contributed by atoms with Gasteiger partial charge in [-0.3, -0.25) is 9.59 Å². The average molecular weight is 437 g/mol. The Kier molecular flexibility index (Phi) is 7.95. The molecule has 0 aliphatic heterocycles. The summed E-state index contributed by atoms with van der Waals surface area (Å²) in [7, 11) is 0. The Morgan fingerprint density at radius 2 is 1.48 bits per heavy atom. The lowest BCUT2D eigenvalue weighted by Gasteiger charge is -2.37. The van der Waals surface area contributed by atoms with Gasteiger partial charge in [0.1, 0.15) is 6.10 Å². The first kappa shape index (κ1) is 23.6. The molecule has 31 heavy (non-hydrogen) atoms. The van der Waals surface area contributed by atoms with Crippen molar-refractivity contribution >= 4 is 11.8 Å². The van der Waals surface area contributed by atoms with E-state index in [2.05, 4.69) is 6.58 Å². The first-order valence-corrected chi connectivity index (χ1v) is 11.3. The summed E-state index contributed by atoms with van der Waals surface area (Å²) in [5, 5.41) is 0. The number of hydrogen-bond donors (Lipinski definition) is 0. The van der Waals surface area contributed by atoms with Crippen LogP contribution < -0.4 is 0 Å². The van der Waals surface area contributed by atoms with E-state index in [0.29, 0.717) is 30.6 Å². The first-order valence-electron chi connectivity index (χ1n) is 11.3. The number of carbonyl (C=O) groups excluding carboxylic acids is 2. The molecule has 0 atom stereocenters. The van der Waals surface area contributed by atoms with Crippen molar-refractivity contribution in [3.8, 4) is 0 Å². The number of Topliss-reactive ketones (excluding diaryl/α,β-unsaturated/α-hetero) is 1. The smallest absolute Gasteiger partial charge is 0.454 e. The van der Waals surface area contributed by atoms with Gasteiger partial charge in [-0.05, 0) is 81.1 Å². The minimum absolute atomic E-state index is 0.0443. The third-order valence-corrected chi connectivity index (χ3v) is 6.91. The fourth-order valence-electron chi connectivity index (χ4n) is 5.14. The number of rotatable bonds is 7. The van der Waals surface area contributed by atoms with Crippen molar-refractivity contribution in [3.05, 3.63) is 48.0 Å². The Balaban J connectivity index is 1.43. The van der Waals surface area contributed by atoms with Crippen LogP contribution in [0.2, 0.25) is 0 Å². The number of ketones is 1. The van der Waals surface area contributed by atoms with Crippen LogP contribution in [-0.2, 0) is 9.53 Å². The molecule has 3 rings (SSSR count). The van der Waals surface area contributed by atoms with Crippen LogP contribution in [0.5, 0.6) is 0 Å². The molecule has 2 fully saturated rings. The molecule has 1 aromatic carbocycles. The average Bonchev–Trinajstić information content (AvgIpc) is 2.77. The second-order valence-corrected chi connectivity index (χ2v) is 8.91. The van der Waals surface area contributed by atoms with E-state index in [9.17, 15) is 22.8 Å². The van der Waals surface area contributed by atoms with Gasteiger partial charge in [0.05, 0.1) is 0 Å². The van der Waals surface area contributed by atoms with Crippen LogP contribution in [0.15, 0.2) is 36.9 Å². The SMILES string of the molecule is C=CCCC(=O)OC1CCC(C2CCC(c3ccc(C(=O)C(F)(F)F)cc3)CC2)CC1. The Bertz CT molecular complexity index is 753. The minimum Gasteiger partial charge on any atom is -0.462 e. The van der Waals surface area contributed by atoms with Crippen molar-refractivity contribution in [2.45, 2.75) is 82.4 Å². The summed E-state index contributed by atoms with van der Waals surface area (Å²) < 4.78 is 43.3. The van der Waals surface area contributed by atoms with Crippen LogP contribution >= 0.6 is 0 Å². The number of hydrogen-bond acceptors (Lipinski definition) is 3. The molecule has 0 radical (unpaired) electrons. The van der Waals surface area contributed by atoms with Gasteiger partial charge in [-0.15, -0.1) is 6.58 Å². The molecular formula is C25H31F3O3. The summed E-state index contributed by atoms with van der Waals surface area (Å²) in [6.45, 7) is 3.62. The number of alkyl halides is 3. The zero-order valence-electron chi connectivity index (χ0n) is 17.8. The number of carbonyl (C=O) groups is 2. The van der Waals surface area contributed by atoms with E-state index >= 15 is 0 Å². The van der Waals surface area contributed by atoms with Crippen LogP contribution in [0.1, 0.15) is 86.0 Å². The van der Waals surface area contributed by atoms with Crippen LogP contribution in [0.3, 0.4) is 0 Å². The molecular weight excluding hydrogens is 405 g/mol. The molecule has 2 aliphatic rings. The lowest BCUT2D eigenvalue weighted by atomic mass is 9.69. The van der Waals surface area contributed by atoms with Crippen molar-refractivity contribution in [2.24, 2.45) is 11.8 Å². The van der Waals surface area contributed by atoms with Crippen LogP contribution in [-0.4, -0.2) is 24.0 Å². The molecule has 0 bridgehead atoms. The Morgan fingerprint density at radius 3 is 2.00 bits per heavy atom. The van der Waals surface area contributed by atoms with Crippen LogP contribution in [0, 0.1) is 11.8 Å². The molecule has 170 valence electrons. The standard InChI is InChI=1S/C25H31F3O3/c1-2-3-4-23(29)31-22-15-13-20(14-16-22)18-7-5-17(6-8-18)19-9-11-21(12-10-19)24(30)25(26,27)28/h2,9-12,17-18,20,22H,1,3-8,13-16H2. The van der Waals surface area contributed by atoms with Gasteiger partial charge >= 0.3 is 12.1 Å².